The van der Waals surface area contributed by atoms with E-state index in [1.165, 1.54) is 12.1 Å². The minimum Gasteiger partial charge on any atom is -0.366 e. The van der Waals surface area contributed by atoms with Gasteiger partial charge in [0.15, 0.2) is 0 Å². The summed E-state index contributed by atoms with van der Waals surface area (Å²) in [5.41, 5.74) is -0.395. The molecule has 0 aromatic heterocycles. The quantitative estimate of drug-likeness (QED) is 0.921. The lowest BCUT2D eigenvalue weighted by Crippen LogP contribution is -2.50. The molecule has 23 heavy (non-hydrogen) atoms. The Morgan fingerprint density at radius 1 is 1.30 bits per heavy atom. The molecule has 1 heterocycles. The minimum absolute atomic E-state index is 0.159. The van der Waals surface area contributed by atoms with Crippen molar-refractivity contribution in [3.8, 4) is 0 Å². The smallest absolute Gasteiger partial charge is 0.366 e. The molecule has 1 saturated heterocycles. The molecule has 1 aromatic rings. The van der Waals surface area contributed by atoms with Crippen molar-refractivity contribution in [2.45, 2.75) is 37.7 Å². The molecule has 0 spiro atoms. The van der Waals surface area contributed by atoms with Gasteiger partial charge in [0.2, 0.25) is 0 Å². The van der Waals surface area contributed by atoms with Crippen LogP contribution in [0.2, 0.25) is 0 Å². The van der Waals surface area contributed by atoms with Crippen molar-refractivity contribution >= 4 is 5.91 Å². The molecule has 2 aliphatic rings. The number of benzene rings is 1. The second kappa shape index (κ2) is 6.49. The zero-order valence-electron chi connectivity index (χ0n) is 12.6. The summed E-state index contributed by atoms with van der Waals surface area (Å²) in [5.74, 6) is -0.165. The highest BCUT2D eigenvalue weighted by molar-refractivity contribution is 5.81. The summed E-state index contributed by atoms with van der Waals surface area (Å²) < 4.78 is 44.6. The molecule has 0 bridgehead atoms. The third kappa shape index (κ3) is 4.23. The number of carbonyl (C=O) groups excluding carboxylic acids is 1. The van der Waals surface area contributed by atoms with E-state index in [0.717, 1.165) is 18.9 Å². The average molecular weight is 328 g/mol. The standard InChI is InChI=1S/C16H19F3N2O2/c17-16(18,19)13-4-2-1-3-11(13)9-21-7-8-23-14(10-21)15(22)20-12-5-6-12/h1-4,12,14H,5-10H2,(H,20,22). The molecular formula is C16H19F3N2O2. The molecule has 1 amide bonds. The maximum absolute atomic E-state index is 13.1. The SMILES string of the molecule is O=C(NC1CC1)C1CN(Cc2ccccc2C(F)(F)F)CCO1. The van der Waals surface area contributed by atoms with Crippen LogP contribution in [-0.4, -0.2) is 42.6 Å². The van der Waals surface area contributed by atoms with Gasteiger partial charge in [-0.3, -0.25) is 9.69 Å². The fourth-order valence-electron chi connectivity index (χ4n) is 2.70. The van der Waals surface area contributed by atoms with E-state index in [1.807, 2.05) is 4.90 Å². The zero-order chi connectivity index (χ0) is 16.4. The number of rotatable bonds is 4. The fourth-order valence-corrected chi connectivity index (χ4v) is 2.70. The van der Waals surface area contributed by atoms with E-state index in [-0.39, 0.29) is 24.1 Å². The summed E-state index contributed by atoms with van der Waals surface area (Å²) in [6, 6.07) is 5.80. The lowest BCUT2D eigenvalue weighted by atomic mass is 10.1. The molecule has 2 fully saturated rings. The van der Waals surface area contributed by atoms with Crippen molar-refractivity contribution in [2.24, 2.45) is 0 Å². The third-order valence-corrected chi connectivity index (χ3v) is 4.08. The number of hydrogen-bond acceptors (Lipinski definition) is 3. The van der Waals surface area contributed by atoms with Gasteiger partial charge in [0.1, 0.15) is 6.10 Å². The van der Waals surface area contributed by atoms with Crippen LogP contribution < -0.4 is 5.32 Å². The number of amides is 1. The number of morpholine rings is 1. The molecule has 0 radical (unpaired) electrons. The topological polar surface area (TPSA) is 41.6 Å². The number of hydrogen-bond donors (Lipinski definition) is 1. The Bertz CT molecular complexity index is 573. The average Bonchev–Trinajstić information content (AvgIpc) is 3.31. The molecule has 1 aliphatic carbocycles. The van der Waals surface area contributed by atoms with E-state index < -0.39 is 17.8 Å². The van der Waals surface area contributed by atoms with Gasteiger partial charge in [-0.2, -0.15) is 13.2 Å². The minimum atomic E-state index is -4.37. The summed E-state index contributed by atoms with van der Waals surface area (Å²) >= 11 is 0. The molecule has 1 N–H and O–H groups in total. The predicted octanol–water partition coefficient (Wildman–Crippen LogP) is 2.18. The first-order valence-corrected chi connectivity index (χ1v) is 7.73. The van der Waals surface area contributed by atoms with Gasteiger partial charge in [-0.15, -0.1) is 0 Å². The van der Waals surface area contributed by atoms with E-state index in [9.17, 15) is 18.0 Å². The molecule has 1 atom stereocenters. The van der Waals surface area contributed by atoms with Gasteiger partial charge in [-0.05, 0) is 24.5 Å². The number of ether oxygens (including phenoxy) is 1. The number of carbonyl (C=O) groups is 1. The van der Waals surface area contributed by atoms with Gasteiger partial charge in [-0.25, -0.2) is 0 Å². The second-order valence-electron chi connectivity index (χ2n) is 6.03. The Balaban J connectivity index is 1.64. The largest absolute Gasteiger partial charge is 0.416 e. The summed E-state index contributed by atoms with van der Waals surface area (Å²) in [5, 5.41) is 2.87. The van der Waals surface area contributed by atoms with Crippen LogP contribution in [0.4, 0.5) is 13.2 Å². The van der Waals surface area contributed by atoms with Crippen molar-refractivity contribution in [3.05, 3.63) is 35.4 Å². The van der Waals surface area contributed by atoms with Crippen LogP contribution in [0.15, 0.2) is 24.3 Å². The molecule has 1 aromatic carbocycles. The highest BCUT2D eigenvalue weighted by Crippen LogP contribution is 2.32. The number of alkyl halides is 3. The van der Waals surface area contributed by atoms with Crippen LogP contribution in [0.25, 0.3) is 0 Å². The molecule has 1 aliphatic heterocycles. The molecule has 1 saturated carbocycles. The number of nitrogens with zero attached hydrogens (tertiary/aromatic N) is 1. The normalized spacial score (nSPS) is 22.8. The molecule has 1 unspecified atom stereocenters. The summed E-state index contributed by atoms with van der Waals surface area (Å²) in [4.78, 5) is 13.9. The van der Waals surface area contributed by atoms with E-state index in [1.54, 1.807) is 6.07 Å². The molecule has 126 valence electrons. The Morgan fingerprint density at radius 3 is 2.74 bits per heavy atom. The first-order chi connectivity index (χ1) is 10.9. The van der Waals surface area contributed by atoms with Crippen molar-refractivity contribution in [1.29, 1.82) is 0 Å². The first kappa shape index (κ1) is 16.3. The van der Waals surface area contributed by atoms with E-state index in [2.05, 4.69) is 5.32 Å². The third-order valence-electron chi connectivity index (χ3n) is 4.08. The highest BCUT2D eigenvalue weighted by Gasteiger charge is 2.35. The van der Waals surface area contributed by atoms with Gasteiger partial charge in [0, 0.05) is 25.7 Å². The van der Waals surface area contributed by atoms with Crippen molar-refractivity contribution in [1.82, 2.24) is 10.2 Å². The van der Waals surface area contributed by atoms with Crippen LogP contribution in [-0.2, 0) is 22.3 Å². The zero-order valence-corrected chi connectivity index (χ0v) is 12.6. The number of halogens is 3. The Labute approximate surface area is 132 Å². The maximum atomic E-state index is 13.1. The Morgan fingerprint density at radius 2 is 2.04 bits per heavy atom. The summed E-state index contributed by atoms with van der Waals surface area (Å²) in [6.45, 7) is 1.33. The van der Waals surface area contributed by atoms with Gasteiger partial charge in [0.05, 0.1) is 12.2 Å². The Hall–Kier alpha value is -1.60. The van der Waals surface area contributed by atoms with Gasteiger partial charge in [-0.1, -0.05) is 18.2 Å². The lowest BCUT2D eigenvalue weighted by molar-refractivity contribution is -0.141. The predicted molar refractivity (Wildman–Crippen MR) is 77.6 cm³/mol. The van der Waals surface area contributed by atoms with Gasteiger partial charge < -0.3 is 10.1 Å². The monoisotopic (exact) mass is 328 g/mol. The van der Waals surface area contributed by atoms with Crippen LogP contribution in [0.5, 0.6) is 0 Å². The van der Waals surface area contributed by atoms with Crippen LogP contribution in [0.1, 0.15) is 24.0 Å². The fraction of sp³-hybridized carbons (Fsp3) is 0.562. The molecule has 3 rings (SSSR count). The number of nitrogens with one attached hydrogen (secondary N) is 1. The summed E-state index contributed by atoms with van der Waals surface area (Å²) in [7, 11) is 0. The van der Waals surface area contributed by atoms with E-state index in [0.29, 0.717) is 19.7 Å². The van der Waals surface area contributed by atoms with E-state index in [4.69, 9.17) is 4.74 Å². The van der Waals surface area contributed by atoms with E-state index >= 15 is 0 Å². The van der Waals surface area contributed by atoms with Gasteiger partial charge in [0.25, 0.3) is 5.91 Å². The summed E-state index contributed by atoms with van der Waals surface area (Å²) in [6.07, 6.45) is -3.00. The van der Waals surface area contributed by atoms with Crippen molar-refractivity contribution in [2.75, 3.05) is 19.7 Å². The van der Waals surface area contributed by atoms with Crippen LogP contribution in [0.3, 0.4) is 0 Å². The van der Waals surface area contributed by atoms with Crippen LogP contribution >= 0.6 is 0 Å². The highest BCUT2D eigenvalue weighted by atomic mass is 19.4. The maximum Gasteiger partial charge on any atom is 0.416 e. The molecule has 7 heteroatoms. The molecular weight excluding hydrogens is 309 g/mol. The van der Waals surface area contributed by atoms with Crippen molar-refractivity contribution in [3.63, 3.8) is 0 Å². The molecule has 4 nitrogen and oxygen atoms in total. The van der Waals surface area contributed by atoms with Crippen molar-refractivity contribution < 1.29 is 22.7 Å². The second-order valence-corrected chi connectivity index (χ2v) is 6.03. The van der Waals surface area contributed by atoms with Crippen LogP contribution in [0, 0.1) is 0 Å². The first-order valence-electron chi connectivity index (χ1n) is 7.73. The van der Waals surface area contributed by atoms with Gasteiger partial charge >= 0.3 is 6.18 Å². The lowest BCUT2D eigenvalue weighted by Gasteiger charge is -2.32. The Kier molecular flexibility index (Phi) is 4.59.